The fourth-order valence-electron chi connectivity index (χ4n) is 2.73. The van der Waals surface area contributed by atoms with Crippen molar-refractivity contribution >= 4 is 38.7 Å². The molecular formula is C18H14BrCl. The van der Waals surface area contributed by atoms with Crippen LogP contribution in [0.1, 0.15) is 22.3 Å². The quantitative estimate of drug-likeness (QED) is 0.589. The van der Waals surface area contributed by atoms with Gasteiger partial charge in [0.2, 0.25) is 0 Å². The molecule has 0 unspecified atom stereocenters. The van der Waals surface area contributed by atoms with E-state index in [-0.39, 0.29) is 0 Å². The molecular weight excluding hydrogens is 332 g/mol. The third-order valence-electron chi connectivity index (χ3n) is 3.71. The van der Waals surface area contributed by atoms with Gasteiger partial charge in [-0.3, -0.25) is 0 Å². The first kappa shape index (κ1) is 13.7. The fraction of sp³-hybridized carbons (Fsp3) is 0.111. The van der Waals surface area contributed by atoms with Gasteiger partial charge in [0.25, 0.3) is 0 Å². The van der Waals surface area contributed by atoms with Crippen LogP contribution in [0.2, 0.25) is 5.02 Å². The van der Waals surface area contributed by atoms with Gasteiger partial charge in [-0.15, -0.1) is 0 Å². The minimum Gasteiger partial charge on any atom is -0.0911 e. The second-order valence-corrected chi connectivity index (χ2v) is 6.42. The van der Waals surface area contributed by atoms with Gasteiger partial charge in [-0.2, -0.15) is 0 Å². The van der Waals surface area contributed by atoms with Crippen LogP contribution in [0.4, 0.5) is 0 Å². The molecule has 0 nitrogen and oxygen atoms in total. The van der Waals surface area contributed by atoms with Gasteiger partial charge in [0.05, 0.1) is 0 Å². The van der Waals surface area contributed by atoms with Crippen LogP contribution in [0.15, 0.2) is 53.5 Å². The molecule has 0 radical (unpaired) electrons. The summed E-state index contributed by atoms with van der Waals surface area (Å²) >= 11 is 9.86. The number of hydrogen-bond acceptors (Lipinski definition) is 0. The summed E-state index contributed by atoms with van der Waals surface area (Å²) in [7, 11) is 0. The van der Waals surface area contributed by atoms with Gasteiger partial charge < -0.3 is 0 Å². The summed E-state index contributed by atoms with van der Waals surface area (Å²) < 4.78 is 1.10. The van der Waals surface area contributed by atoms with Gasteiger partial charge in [0.1, 0.15) is 0 Å². The van der Waals surface area contributed by atoms with Crippen LogP contribution < -0.4 is 0 Å². The smallest absolute Gasteiger partial charge is 0.0447 e. The Balaban J connectivity index is 2.10. The topological polar surface area (TPSA) is 0 Å². The molecule has 0 atom stereocenters. The highest BCUT2D eigenvalue weighted by Gasteiger charge is 2.18. The maximum Gasteiger partial charge on any atom is 0.0447 e. The zero-order chi connectivity index (χ0) is 14.3. The largest absolute Gasteiger partial charge is 0.0911 e. The van der Waals surface area contributed by atoms with Crippen LogP contribution in [-0.2, 0) is 6.42 Å². The van der Waals surface area contributed by atoms with Crippen LogP contribution in [0.25, 0.3) is 11.1 Å². The maximum atomic E-state index is 6.35. The van der Waals surface area contributed by atoms with E-state index in [1.807, 2.05) is 12.1 Å². The molecule has 0 N–H and O–H groups in total. The molecule has 0 spiro atoms. The SMILES string of the molecule is C=C1C=C(c2ccc(Br)cc2C)Cc2c(Cl)cccc21. The summed E-state index contributed by atoms with van der Waals surface area (Å²) in [4.78, 5) is 0. The molecule has 0 amide bonds. The summed E-state index contributed by atoms with van der Waals surface area (Å²) in [5.41, 5.74) is 7.18. The van der Waals surface area contributed by atoms with E-state index in [1.165, 1.54) is 22.3 Å². The van der Waals surface area contributed by atoms with E-state index in [0.717, 1.165) is 27.1 Å². The lowest BCUT2D eigenvalue weighted by molar-refractivity contribution is 1.23. The van der Waals surface area contributed by atoms with E-state index < -0.39 is 0 Å². The minimum absolute atomic E-state index is 0.823. The van der Waals surface area contributed by atoms with E-state index in [9.17, 15) is 0 Å². The second kappa shape index (κ2) is 5.23. The average molecular weight is 346 g/mol. The Bertz CT molecular complexity index is 741. The number of aryl methyl sites for hydroxylation is 1. The molecule has 1 aliphatic rings. The number of rotatable bonds is 1. The van der Waals surface area contributed by atoms with Gasteiger partial charge in [-0.1, -0.05) is 58.4 Å². The number of hydrogen-bond donors (Lipinski definition) is 0. The Morgan fingerprint density at radius 2 is 1.95 bits per heavy atom. The van der Waals surface area contributed by atoms with Crippen molar-refractivity contribution in [2.45, 2.75) is 13.3 Å². The molecule has 100 valence electrons. The highest BCUT2D eigenvalue weighted by Crippen LogP contribution is 2.37. The first-order valence-electron chi connectivity index (χ1n) is 6.50. The zero-order valence-electron chi connectivity index (χ0n) is 11.2. The summed E-state index contributed by atoms with van der Waals surface area (Å²) in [5.74, 6) is 0. The third kappa shape index (κ3) is 2.36. The van der Waals surface area contributed by atoms with Crippen LogP contribution in [-0.4, -0.2) is 0 Å². The zero-order valence-corrected chi connectivity index (χ0v) is 13.6. The van der Waals surface area contributed by atoms with Crippen molar-refractivity contribution in [3.8, 4) is 0 Å². The lowest BCUT2D eigenvalue weighted by Gasteiger charge is -2.21. The number of benzene rings is 2. The Morgan fingerprint density at radius 1 is 1.15 bits per heavy atom. The van der Waals surface area contributed by atoms with Gasteiger partial charge in [-0.25, -0.2) is 0 Å². The highest BCUT2D eigenvalue weighted by atomic mass is 79.9. The van der Waals surface area contributed by atoms with Crippen LogP contribution in [0.5, 0.6) is 0 Å². The van der Waals surface area contributed by atoms with E-state index in [1.54, 1.807) is 0 Å². The number of fused-ring (bicyclic) bond motifs is 1. The van der Waals surface area contributed by atoms with Crippen molar-refractivity contribution in [3.05, 3.63) is 80.8 Å². The molecule has 0 saturated carbocycles. The van der Waals surface area contributed by atoms with Crippen molar-refractivity contribution in [1.82, 2.24) is 0 Å². The van der Waals surface area contributed by atoms with Gasteiger partial charge >= 0.3 is 0 Å². The first-order chi connectivity index (χ1) is 9.56. The first-order valence-corrected chi connectivity index (χ1v) is 7.67. The monoisotopic (exact) mass is 344 g/mol. The Kier molecular flexibility index (Phi) is 3.57. The third-order valence-corrected chi connectivity index (χ3v) is 4.56. The van der Waals surface area contributed by atoms with Crippen LogP contribution in [0.3, 0.4) is 0 Å². The average Bonchev–Trinajstić information content (AvgIpc) is 2.40. The Morgan fingerprint density at radius 3 is 2.70 bits per heavy atom. The van der Waals surface area contributed by atoms with E-state index in [4.69, 9.17) is 11.6 Å². The molecule has 0 fully saturated rings. The lowest BCUT2D eigenvalue weighted by Crippen LogP contribution is -2.03. The van der Waals surface area contributed by atoms with Crippen molar-refractivity contribution < 1.29 is 0 Å². The molecule has 1 aliphatic carbocycles. The molecule has 2 heteroatoms. The second-order valence-electron chi connectivity index (χ2n) is 5.10. The lowest BCUT2D eigenvalue weighted by atomic mass is 9.84. The molecule has 0 bridgehead atoms. The molecule has 3 rings (SSSR count). The molecule has 0 saturated heterocycles. The fourth-order valence-corrected chi connectivity index (χ4v) is 3.45. The number of halogens is 2. The molecule has 2 aromatic rings. The van der Waals surface area contributed by atoms with E-state index in [2.05, 4.69) is 59.8 Å². The van der Waals surface area contributed by atoms with E-state index in [0.29, 0.717) is 0 Å². The van der Waals surface area contributed by atoms with Gasteiger partial charge in [0, 0.05) is 15.9 Å². The Labute approximate surface area is 132 Å². The van der Waals surface area contributed by atoms with Crippen molar-refractivity contribution in [1.29, 1.82) is 0 Å². The summed E-state index contributed by atoms with van der Waals surface area (Å²) in [6.07, 6.45) is 3.03. The van der Waals surface area contributed by atoms with Gasteiger partial charge in [-0.05, 0) is 58.5 Å². The number of allylic oxidation sites excluding steroid dienone is 3. The molecule has 20 heavy (non-hydrogen) atoms. The maximum absolute atomic E-state index is 6.35. The standard InChI is InChI=1S/C18H14BrCl/c1-11-8-13(15-7-6-14(19)9-12(15)2)10-17-16(11)4-3-5-18(17)20/h3-9H,1,10H2,2H3. The molecule has 0 aliphatic heterocycles. The predicted molar refractivity (Wildman–Crippen MR) is 91.0 cm³/mol. The van der Waals surface area contributed by atoms with Crippen molar-refractivity contribution in [2.24, 2.45) is 0 Å². The molecule has 2 aromatic carbocycles. The molecule has 0 aromatic heterocycles. The predicted octanol–water partition coefficient (Wildman–Crippen LogP) is 6.06. The van der Waals surface area contributed by atoms with Crippen LogP contribution in [0, 0.1) is 6.92 Å². The summed E-state index contributed by atoms with van der Waals surface area (Å²) in [6.45, 7) is 6.31. The Hall–Kier alpha value is -1.31. The molecule has 0 heterocycles. The van der Waals surface area contributed by atoms with Crippen molar-refractivity contribution in [3.63, 3.8) is 0 Å². The van der Waals surface area contributed by atoms with Crippen molar-refractivity contribution in [2.75, 3.05) is 0 Å². The normalized spacial score (nSPS) is 13.9. The van der Waals surface area contributed by atoms with E-state index >= 15 is 0 Å². The highest BCUT2D eigenvalue weighted by molar-refractivity contribution is 9.10. The van der Waals surface area contributed by atoms with Crippen LogP contribution >= 0.6 is 27.5 Å². The minimum atomic E-state index is 0.823. The summed E-state index contributed by atoms with van der Waals surface area (Å²) in [6, 6.07) is 12.4. The summed E-state index contributed by atoms with van der Waals surface area (Å²) in [5, 5.41) is 0.823. The van der Waals surface area contributed by atoms with Gasteiger partial charge in [0.15, 0.2) is 0 Å².